The average Bonchev–Trinajstić information content (AvgIpc) is 3.11. The molecule has 0 aliphatic rings. The Bertz CT molecular complexity index is 822. The number of carbonyl (C=O) groups excluding carboxylic acids is 1. The number of rotatable bonds is 3. The third-order valence-corrected chi connectivity index (χ3v) is 4.42. The number of fused-ring (bicyclic) bond motifs is 1. The minimum Gasteiger partial charge on any atom is -0.334 e. The third-order valence-electron chi connectivity index (χ3n) is 3.11. The summed E-state index contributed by atoms with van der Waals surface area (Å²) in [5.74, 6) is -0.474. The van der Waals surface area contributed by atoms with Crippen molar-refractivity contribution in [1.29, 1.82) is 0 Å². The Labute approximate surface area is 130 Å². The molecule has 2 heterocycles. The molecule has 0 bridgehead atoms. The van der Waals surface area contributed by atoms with Gasteiger partial charge in [-0.25, -0.2) is 4.79 Å². The lowest BCUT2D eigenvalue weighted by Crippen LogP contribution is -1.97. The molecule has 0 atom stereocenters. The van der Waals surface area contributed by atoms with Crippen LogP contribution in [-0.4, -0.2) is 16.8 Å². The molecular formula is C15H11ClN2O2S. The highest BCUT2D eigenvalue weighted by Gasteiger charge is 2.12. The van der Waals surface area contributed by atoms with Crippen LogP contribution in [0.15, 0.2) is 46.9 Å². The Morgan fingerprint density at radius 1 is 1.33 bits per heavy atom. The first-order valence-electron chi connectivity index (χ1n) is 6.19. The standard InChI is InChI=1S/C15H11ClN2O2S/c1-18-12-6-3-2-5-10(12)11(14(18)16)9-17-20-15(19)13-7-4-8-21-13/h2-9H,1H3/b17-9-. The summed E-state index contributed by atoms with van der Waals surface area (Å²) in [6, 6.07) is 11.3. The molecular weight excluding hydrogens is 308 g/mol. The van der Waals surface area contributed by atoms with Crippen molar-refractivity contribution in [3.63, 3.8) is 0 Å². The smallest absolute Gasteiger partial charge is 0.334 e. The van der Waals surface area contributed by atoms with E-state index in [-0.39, 0.29) is 0 Å². The molecule has 1 aromatic carbocycles. The van der Waals surface area contributed by atoms with Gasteiger partial charge in [-0.05, 0) is 17.5 Å². The lowest BCUT2D eigenvalue weighted by atomic mass is 10.2. The van der Waals surface area contributed by atoms with Crippen LogP contribution < -0.4 is 0 Å². The van der Waals surface area contributed by atoms with Gasteiger partial charge in [0.2, 0.25) is 0 Å². The molecule has 21 heavy (non-hydrogen) atoms. The van der Waals surface area contributed by atoms with Crippen LogP contribution in [0, 0.1) is 0 Å². The number of nitrogens with zero attached hydrogens (tertiary/aromatic N) is 2. The highest BCUT2D eigenvalue weighted by molar-refractivity contribution is 7.11. The quantitative estimate of drug-likeness (QED) is 0.415. The maximum absolute atomic E-state index is 11.7. The van der Waals surface area contributed by atoms with E-state index in [0.29, 0.717) is 10.0 Å². The van der Waals surface area contributed by atoms with Gasteiger partial charge in [-0.15, -0.1) is 11.3 Å². The molecule has 0 aliphatic carbocycles. The first kappa shape index (κ1) is 13.9. The fourth-order valence-electron chi connectivity index (χ4n) is 2.08. The molecule has 0 saturated carbocycles. The van der Waals surface area contributed by atoms with Gasteiger partial charge in [0.05, 0.1) is 6.21 Å². The number of aromatic nitrogens is 1. The summed E-state index contributed by atoms with van der Waals surface area (Å²) in [7, 11) is 1.87. The Morgan fingerprint density at radius 2 is 2.14 bits per heavy atom. The second-order valence-corrected chi connectivity index (χ2v) is 5.68. The normalized spacial score (nSPS) is 11.3. The van der Waals surface area contributed by atoms with E-state index in [0.717, 1.165) is 16.5 Å². The van der Waals surface area contributed by atoms with E-state index in [9.17, 15) is 4.79 Å². The molecule has 0 aliphatic heterocycles. The SMILES string of the molecule is Cn1c(Cl)c(/C=N\OC(=O)c2cccs2)c2ccccc21. The van der Waals surface area contributed by atoms with Crippen molar-refractivity contribution in [2.45, 2.75) is 0 Å². The highest BCUT2D eigenvalue weighted by Crippen LogP contribution is 2.27. The van der Waals surface area contributed by atoms with Crippen molar-refractivity contribution < 1.29 is 9.63 Å². The van der Waals surface area contributed by atoms with Crippen LogP contribution in [0.1, 0.15) is 15.2 Å². The van der Waals surface area contributed by atoms with Gasteiger partial charge in [0, 0.05) is 23.5 Å². The largest absolute Gasteiger partial charge is 0.375 e. The predicted octanol–water partition coefficient (Wildman–Crippen LogP) is 4.08. The van der Waals surface area contributed by atoms with E-state index in [1.54, 1.807) is 12.1 Å². The molecule has 0 N–H and O–H groups in total. The lowest BCUT2D eigenvalue weighted by molar-refractivity contribution is 0.0525. The number of aryl methyl sites for hydroxylation is 1. The van der Waals surface area contributed by atoms with Gasteiger partial charge in [-0.1, -0.05) is 41.0 Å². The summed E-state index contributed by atoms with van der Waals surface area (Å²) in [4.78, 5) is 17.1. The van der Waals surface area contributed by atoms with Crippen molar-refractivity contribution in [2.24, 2.45) is 12.2 Å². The molecule has 0 saturated heterocycles. The van der Waals surface area contributed by atoms with E-state index >= 15 is 0 Å². The van der Waals surface area contributed by atoms with Gasteiger partial charge in [0.1, 0.15) is 10.0 Å². The molecule has 4 nitrogen and oxygen atoms in total. The van der Waals surface area contributed by atoms with E-state index in [4.69, 9.17) is 16.4 Å². The summed E-state index contributed by atoms with van der Waals surface area (Å²) in [6.45, 7) is 0. The van der Waals surface area contributed by atoms with Crippen LogP contribution in [0.5, 0.6) is 0 Å². The van der Waals surface area contributed by atoms with Crippen LogP contribution in [0.25, 0.3) is 10.9 Å². The van der Waals surface area contributed by atoms with Crippen LogP contribution in [0.4, 0.5) is 0 Å². The zero-order chi connectivity index (χ0) is 14.8. The number of carbonyl (C=O) groups is 1. The Kier molecular flexibility index (Phi) is 3.77. The topological polar surface area (TPSA) is 43.6 Å². The molecule has 106 valence electrons. The molecule has 2 aromatic heterocycles. The van der Waals surface area contributed by atoms with E-state index < -0.39 is 5.97 Å². The van der Waals surface area contributed by atoms with Crippen molar-refractivity contribution >= 4 is 46.0 Å². The van der Waals surface area contributed by atoms with Crippen LogP contribution in [-0.2, 0) is 11.9 Å². The predicted molar refractivity (Wildman–Crippen MR) is 85.3 cm³/mol. The van der Waals surface area contributed by atoms with Crippen LogP contribution in [0.3, 0.4) is 0 Å². The van der Waals surface area contributed by atoms with Gasteiger partial charge in [0.15, 0.2) is 0 Å². The van der Waals surface area contributed by atoms with Gasteiger partial charge in [0.25, 0.3) is 0 Å². The summed E-state index contributed by atoms with van der Waals surface area (Å²) in [6.07, 6.45) is 1.47. The molecule has 0 fully saturated rings. The van der Waals surface area contributed by atoms with Gasteiger partial charge in [-0.2, -0.15) is 0 Å². The summed E-state index contributed by atoms with van der Waals surface area (Å²) < 4.78 is 1.86. The molecule has 3 rings (SSSR count). The molecule has 0 amide bonds. The summed E-state index contributed by atoms with van der Waals surface area (Å²) >= 11 is 7.59. The van der Waals surface area contributed by atoms with Gasteiger partial charge in [-0.3, -0.25) is 0 Å². The number of thiophene rings is 1. The van der Waals surface area contributed by atoms with Crippen molar-refractivity contribution in [2.75, 3.05) is 0 Å². The molecule has 0 unspecified atom stereocenters. The Balaban J connectivity index is 1.87. The Hall–Kier alpha value is -2.11. The zero-order valence-electron chi connectivity index (χ0n) is 11.1. The van der Waals surface area contributed by atoms with Crippen molar-refractivity contribution in [1.82, 2.24) is 4.57 Å². The Morgan fingerprint density at radius 3 is 2.90 bits per heavy atom. The fraction of sp³-hybridized carbons (Fsp3) is 0.0667. The molecule has 0 radical (unpaired) electrons. The molecule has 6 heteroatoms. The number of oxime groups is 1. The lowest BCUT2D eigenvalue weighted by Gasteiger charge is -1.95. The second kappa shape index (κ2) is 5.71. The number of para-hydroxylation sites is 1. The summed E-state index contributed by atoms with van der Waals surface area (Å²) in [5, 5.41) is 7.07. The average molecular weight is 319 g/mol. The minimum absolute atomic E-state index is 0.474. The first-order valence-corrected chi connectivity index (χ1v) is 7.45. The monoisotopic (exact) mass is 318 g/mol. The fourth-order valence-corrected chi connectivity index (χ4v) is 2.92. The number of hydrogen-bond acceptors (Lipinski definition) is 4. The van der Waals surface area contributed by atoms with Crippen LogP contribution >= 0.6 is 22.9 Å². The maximum Gasteiger partial charge on any atom is 0.375 e. The van der Waals surface area contributed by atoms with Gasteiger partial charge < -0.3 is 9.40 Å². The first-order chi connectivity index (χ1) is 10.2. The van der Waals surface area contributed by atoms with Crippen molar-refractivity contribution in [3.8, 4) is 0 Å². The minimum atomic E-state index is -0.474. The van der Waals surface area contributed by atoms with E-state index in [1.807, 2.05) is 41.3 Å². The van der Waals surface area contributed by atoms with Crippen LogP contribution in [0.2, 0.25) is 5.15 Å². The van der Waals surface area contributed by atoms with Crippen molar-refractivity contribution in [3.05, 3.63) is 57.4 Å². The van der Waals surface area contributed by atoms with E-state index in [1.165, 1.54) is 17.6 Å². The number of benzene rings is 1. The number of hydrogen-bond donors (Lipinski definition) is 0. The summed E-state index contributed by atoms with van der Waals surface area (Å²) in [5.41, 5.74) is 1.72. The highest BCUT2D eigenvalue weighted by atomic mass is 35.5. The van der Waals surface area contributed by atoms with E-state index in [2.05, 4.69) is 5.16 Å². The molecule has 3 aromatic rings. The molecule has 0 spiro atoms. The maximum atomic E-state index is 11.7. The third kappa shape index (κ3) is 2.57. The number of halogens is 1. The van der Waals surface area contributed by atoms with Gasteiger partial charge >= 0.3 is 5.97 Å². The zero-order valence-corrected chi connectivity index (χ0v) is 12.7. The second-order valence-electron chi connectivity index (χ2n) is 4.37.